The van der Waals surface area contributed by atoms with Gasteiger partial charge in [-0.1, -0.05) is 13.8 Å². The highest BCUT2D eigenvalue weighted by molar-refractivity contribution is 4.95. The lowest BCUT2D eigenvalue weighted by molar-refractivity contribution is 0.0440. The van der Waals surface area contributed by atoms with E-state index in [0.29, 0.717) is 17.4 Å². The van der Waals surface area contributed by atoms with E-state index in [0.717, 1.165) is 38.9 Å². The average Bonchev–Trinajstić information content (AvgIpc) is 2.45. The first-order valence-electron chi connectivity index (χ1n) is 7.50. The highest BCUT2D eigenvalue weighted by Crippen LogP contribution is 2.40. The summed E-state index contributed by atoms with van der Waals surface area (Å²) in [5, 5.41) is 10.1. The van der Waals surface area contributed by atoms with E-state index >= 15 is 0 Å². The lowest BCUT2D eigenvalue weighted by Gasteiger charge is -2.30. The predicted molar refractivity (Wildman–Crippen MR) is 75.4 cm³/mol. The molecule has 0 aromatic heterocycles. The summed E-state index contributed by atoms with van der Waals surface area (Å²) in [5.74, 6) is 0.642. The molecule has 0 aromatic rings. The van der Waals surface area contributed by atoms with Gasteiger partial charge in [0, 0.05) is 19.1 Å². The molecule has 3 atom stereocenters. The second-order valence-corrected chi connectivity index (χ2v) is 7.46. The van der Waals surface area contributed by atoms with Gasteiger partial charge in [-0.3, -0.25) is 0 Å². The van der Waals surface area contributed by atoms with Gasteiger partial charge >= 0.3 is 0 Å². The van der Waals surface area contributed by atoms with E-state index in [4.69, 9.17) is 5.73 Å². The summed E-state index contributed by atoms with van der Waals surface area (Å²) in [6, 6.07) is 0.335. The summed E-state index contributed by atoms with van der Waals surface area (Å²) in [6.45, 7) is 9.84. The topological polar surface area (TPSA) is 49.5 Å². The molecule has 2 fully saturated rings. The maximum Gasteiger partial charge on any atom is 0.0632 e. The Morgan fingerprint density at radius 2 is 1.89 bits per heavy atom. The van der Waals surface area contributed by atoms with E-state index in [2.05, 4.69) is 18.7 Å². The summed E-state index contributed by atoms with van der Waals surface area (Å²) in [5.41, 5.74) is 6.25. The van der Waals surface area contributed by atoms with Crippen LogP contribution in [0.2, 0.25) is 0 Å². The van der Waals surface area contributed by atoms with Gasteiger partial charge < -0.3 is 15.7 Å². The average molecular weight is 254 g/mol. The second-order valence-electron chi connectivity index (χ2n) is 7.46. The number of aliphatic hydroxyl groups is 1. The zero-order chi connectivity index (χ0) is 13.4. The lowest BCUT2D eigenvalue weighted by Crippen LogP contribution is -2.42. The van der Waals surface area contributed by atoms with E-state index < -0.39 is 5.60 Å². The third kappa shape index (κ3) is 3.25. The van der Waals surface area contributed by atoms with Crippen molar-refractivity contribution in [3.05, 3.63) is 0 Å². The van der Waals surface area contributed by atoms with Gasteiger partial charge in [-0.05, 0) is 56.9 Å². The quantitative estimate of drug-likeness (QED) is 0.792. The molecule has 106 valence electrons. The van der Waals surface area contributed by atoms with Crippen LogP contribution in [0.25, 0.3) is 0 Å². The van der Waals surface area contributed by atoms with Crippen molar-refractivity contribution in [2.75, 3.05) is 19.6 Å². The Kier molecular flexibility index (Phi) is 4.05. The van der Waals surface area contributed by atoms with Crippen molar-refractivity contribution in [3.8, 4) is 0 Å². The minimum Gasteiger partial charge on any atom is -0.390 e. The summed E-state index contributed by atoms with van der Waals surface area (Å²) < 4.78 is 0. The van der Waals surface area contributed by atoms with E-state index in [1.54, 1.807) is 0 Å². The number of nitrogens with zero attached hydrogens (tertiary/aromatic N) is 1. The van der Waals surface area contributed by atoms with Gasteiger partial charge in [0.1, 0.15) is 0 Å². The minimum atomic E-state index is -0.453. The van der Waals surface area contributed by atoms with Gasteiger partial charge in [-0.25, -0.2) is 0 Å². The highest BCUT2D eigenvalue weighted by Gasteiger charge is 2.40. The maximum atomic E-state index is 10.1. The maximum absolute atomic E-state index is 10.1. The van der Waals surface area contributed by atoms with E-state index in [9.17, 15) is 5.11 Å². The molecule has 2 rings (SSSR count). The van der Waals surface area contributed by atoms with Crippen LogP contribution in [0, 0.1) is 11.3 Å². The molecule has 0 bridgehead atoms. The van der Waals surface area contributed by atoms with Crippen LogP contribution in [0.1, 0.15) is 52.9 Å². The monoisotopic (exact) mass is 254 g/mol. The molecule has 2 aliphatic rings. The zero-order valence-corrected chi connectivity index (χ0v) is 12.3. The van der Waals surface area contributed by atoms with Crippen LogP contribution in [0.3, 0.4) is 0 Å². The normalized spacial score (nSPS) is 41.8. The molecule has 3 unspecified atom stereocenters. The summed E-state index contributed by atoms with van der Waals surface area (Å²) in [7, 11) is 0. The van der Waals surface area contributed by atoms with Crippen molar-refractivity contribution in [1.29, 1.82) is 0 Å². The van der Waals surface area contributed by atoms with Crippen LogP contribution in [0.5, 0.6) is 0 Å². The van der Waals surface area contributed by atoms with Gasteiger partial charge in [0.25, 0.3) is 0 Å². The number of hydrogen-bond acceptors (Lipinski definition) is 3. The van der Waals surface area contributed by atoms with Crippen molar-refractivity contribution in [1.82, 2.24) is 4.90 Å². The van der Waals surface area contributed by atoms with Crippen LogP contribution in [0.15, 0.2) is 0 Å². The molecular formula is C15H30N2O. The number of hydrogen-bond donors (Lipinski definition) is 2. The standard InChI is InChI=1S/C15H30N2O/c1-14(2)7-5-12(13(14)16)11-17-9-4-6-15(3,18)8-10-17/h12-13,18H,4-11,16H2,1-3H3. The van der Waals surface area contributed by atoms with E-state index in [1.165, 1.54) is 12.8 Å². The fraction of sp³-hybridized carbons (Fsp3) is 1.00. The van der Waals surface area contributed by atoms with Gasteiger partial charge in [-0.15, -0.1) is 0 Å². The molecule has 0 radical (unpaired) electrons. The first-order chi connectivity index (χ1) is 8.30. The third-order valence-corrected chi connectivity index (χ3v) is 5.22. The second kappa shape index (κ2) is 5.10. The molecule has 1 heterocycles. The molecule has 1 aliphatic heterocycles. The Balaban J connectivity index is 1.87. The molecule has 0 amide bonds. The van der Waals surface area contributed by atoms with Crippen molar-refractivity contribution < 1.29 is 5.11 Å². The molecule has 1 saturated heterocycles. The molecule has 3 heteroatoms. The highest BCUT2D eigenvalue weighted by atomic mass is 16.3. The number of rotatable bonds is 2. The number of nitrogens with two attached hydrogens (primary N) is 1. The zero-order valence-electron chi connectivity index (χ0n) is 12.3. The molecule has 0 spiro atoms. The van der Waals surface area contributed by atoms with Gasteiger partial charge in [-0.2, -0.15) is 0 Å². The Morgan fingerprint density at radius 1 is 1.17 bits per heavy atom. The fourth-order valence-electron chi connectivity index (χ4n) is 3.58. The number of likely N-dealkylation sites (tertiary alicyclic amines) is 1. The van der Waals surface area contributed by atoms with Gasteiger partial charge in [0.2, 0.25) is 0 Å². The first-order valence-corrected chi connectivity index (χ1v) is 7.50. The van der Waals surface area contributed by atoms with E-state index in [1.807, 2.05) is 6.92 Å². The first kappa shape index (κ1) is 14.3. The van der Waals surface area contributed by atoms with Gasteiger partial charge in [0.15, 0.2) is 0 Å². The van der Waals surface area contributed by atoms with E-state index in [-0.39, 0.29) is 0 Å². The Morgan fingerprint density at radius 3 is 2.50 bits per heavy atom. The van der Waals surface area contributed by atoms with Crippen LogP contribution in [-0.4, -0.2) is 41.3 Å². The predicted octanol–water partition coefficient (Wildman–Crippen LogP) is 1.99. The third-order valence-electron chi connectivity index (χ3n) is 5.22. The molecular weight excluding hydrogens is 224 g/mol. The van der Waals surface area contributed by atoms with Crippen LogP contribution in [-0.2, 0) is 0 Å². The van der Waals surface area contributed by atoms with Crippen LogP contribution < -0.4 is 5.73 Å². The molecule has 1 aliphatic carbocycles. The van der Waals surface area contributed by atoms with Crippen LogP contribution >= 0.6 is 0 Å². The van der Waals surface area contributed by atoms with Crippen molar-refractivity contribution >= 4 is 0 Å². The summed E-state index contributed by atoms with van der Waals surface area (Å²) in [4.78, 5) is 2.52. The van der Waals surface area contributed by atoms with Crippen LogP contribution in [0.4, 0.5) is 0 Å². The van der Waals surface area contributed by atoms with Gasteiger partial charge in [0.05, 0.1) is 5.60 Å². The Hall–Kier alpha value is -0.120. The largest absolute Gasteiger partial charge is 0.390 e. The molecule has 18 heavy (non-hydrogen) atoms. The minimum absolute atomic E-state index is 0.308. The Labute approximate surface area is 112 Å². The molecule has 3 N–H and O–H groups in total. The molecule has 1 saturated carbocycles. The fourth-order valence-corrected chi connectivity index (χ4v) is 3.58. The van der Waals surface area contributed by atoms with Crippen molar-refractivity contribution in [2.24, 2.45) is 17.1 Å². The Bertz CT molecular complexity index is 288. The SMILES string of the molecule is CC1(O)CCCN(CC2CCC(C)(C)C2N)CC1. The smallest absolute Gasteiger partial charge is 0.0632 e. The molecule has 3 nitrogen and oxygen atoms in total. The summed E-state index contributed by atoms with van der Waals surface area (Å²) in [6.07, 6.45) is 5.47. The summed E-state index contributed by atoms with van der Waals surface area (Å²) >= 11 is 0. The van der Waals surface area contributed by atoms with Crippen molar-refractivity contribution in [3.63, 3.8) is 0 Å². The lowest BCUT2D eigenvalue weighted by atomic mass is 9.85. The molecule has 0 aromatic carbocycles. The van der Waals surface area contributed by atoms with Crippen molar-refractivity contribution in [2.45, 2.75) is 64.5 Å².